The van der Waals surface area contributed by atoms with Gasteiger partial charge in [-0.05, 0) is 38.1 Å². The van der Waals surface area contributed by atoms with Crippen molar-refractivity contribution < 1.29 is 14.3 Å². The molecule has 0 atom stereocenters. The lowest BCUT2D eigenvalue weighted by Crippen LogP contribution is -2.23. The van der Waals surface area contributed by atoms with Gasteiger partial charge < -0.3 is 14.5 Å². The van der Waals surface area contributed by atoms with Gasteiger partial charge in [-0.15, -0.1) is 10.2 Å². The van der Waals surface area contributed by atoms with Crippen LogP contribution >= 0.6 is 11.8 Å². The minimum atomic E-state index is -0.596. The molecule has 0 aliphatic carbocycles. The summed E-state index contributed by atoms with van der Waals surface area (Å²) in [5.74, 6) is 0.927. The molecule has 0 saturated carbocycles. The Bertz CT molecular complexity index is 1090. The van der Waals surface area contributed by atoms with E-state index in [-0.39, 0.29) is 18.1 Å². The summed E-state index contributed by atoms with van der Waals surface area (Å²) in [5.41, 5.74) is 0.0432. The molecule has 158 valence electrons. The Kier molecular flexibility index (Phi) is 7.07. The van der Waals surface area contributed by atoms with Crippen molar-refractivity contribution in [1.29, 1.82) is 0 Å². The van der Waals surface area contributed by atoms with E-state index in [1.54, 1.807) is 11.5 Å². The van der Waals surface area contributed by atoms with E-state index in [1.165, 1.54) is 17.8 Å². The average Bonchev–Trinajstić information content (AvgIpc) is 3.09. The quantitative estimate of drug-likeness (QED) is 0.383. The van der Waals surface area contributed by atoms with Crippen LogP contribution in [0, 0.1) is 0 Å². The lowest BCUT2D eigenvalue weighted by atomic mass is 10.2. The highest BCUT2D eigenvalue weighted by molar-refractivity contribution is 7.99. The normalized spacial score (nSPS) is 10.7. The molecule has 2 heterocycles. The van der Waals surface area contributed by atoms with E-state index in [9.17, 15) is 14.4 Å². The van der Waals surface area contributed by atoms with Crippen molar-refractivity contribution in [3.63, 3.8) is 0 Å². The van der Waals surface area contributed by atoms with Gasteiger partial charge in [0.25, 0.3) is 5.56 Å². The average molecular weight is 431 g/mol. The minimum absolute atomic E-state index is 0.0742. The number of nitrogens with one attached hydrogen (secondary N) is 2. The van der Waals surface area contributed by atoms with Crippen LogP contribution in [0.25, 0.3) is 5.69 Å². The maximum Gasteiger partial charge on any atom is 0.325 e. The third-order valence-corrected chi connectivity index (χ3v) is 4.80. The zero-order chi connectivity index (χ0) is 21.5. The van der Waals surface area contributed by atoms with Crippen LogP contribution in [0.1, 0.15) is 25.4 Å². The van der Waals surface area contributed by atoms with E-state index in [2.05, 4.69) is 20.2 Å². The van der Waals surface area contributed by atoms with Crippen molar-refractivity contribution in [3.05, 3.63) is 62.7 Å². The number of benzene rings is 1. The number of thioether (sulfide) groups is 1. The van der Waals surface area contributed by atoms with E-state index in [0.29, 0.717) is 29.9 Å². The third kappa shape index (κ3) is 5.38. The number of aromatic nitrogens is 5. The molecule has 0 aliphatic rings. The van der Waals surface area contributed by atoms with E-state index in [1.807, 2.05) is 31.2 Å². The van der Waals surface area contributed by atoms with Gasteiger partial charge in [-0.3, -0.25) is 19.1 Å². The molecule has 3 rings (SSSR count). The fourth-order valence-electron chi connectivity index (χ4n) is 2.74. The summed E-state index contributed by atoms with van der Waals surface area (Å²) in [6.45, 7) is 4.49. The predicted molar refractivity (Wildman–Crippen MR) is 110 cm³/mol. The maximum atomic E-state index is 11.8. The molecule has 0 bridgehead atoms. The maximum absolute atomic E-state index is 11.8. The highest BCUT2D eigenvalue weighted by Gasteiger charge is 2.17. The van der Waals surface area contributed by atoms with Crippen LogP contribution in [-0.2, 0) is 16.0 Å². The zero-order valence-electron chi connectivity index (χ0n) is 16.5. The second kappa shape index (κ2) is 9.92. The summed E-state index contributed by atoms with van der Waals surface area (Å²) in [5, 5.41) is 8.87. The van der Waals surface area contributed by atoms with Gasteiger partial charge in [-0.1, -0.05) is 11.8 Å². The number of ether oxygens (including phenoxy) is 2. The molecule has 0 saturated heterocycles. The second-order valence-corrected chi connectivity index (χ2v) is 6.99. The second-order valence-electron chi connectivity index (χ2n) is 6.04. The fraction of sp³-hybridized carbons (Fsp3) is 0.316. The van der Waals surface area contributed by atoms with Crippen LogP contribution < -0.4 is 16.0 Å². The van der Waals surface area contributed by atoms with Crippen molar-refractivity contribution in [3.8, 4) is 11.4 Å². The van der Waals surface area contributed by atoms with Gasteiger partial charge in [-0.25, -0.2) is 4.79 Å². The minimum Gasteiger partial charge on any atom is -0.494 e. The van der Waals surface area contributed by atoms with Gasteiger partial charge in [-0.2, -0.15) is 0 Å². The monoisotopic (exact) mass is 431 g/mol. The third-order valence-electron chi connectivity index (χ3n) is 3.90. The Balaban J connectivity index is 1.96. The molecule has 0 amide bonds. The number of hydrogen-bond donors (Lipinski definition) is 2. The van der Waals surface area contributed by atoms with Crippen LogP contribution in [0.5, 0.6) is 5.75 Å². The van der Waals surface area contributed by atoms with Crippen LogP contribution in [0.15, 0.2) is 45.1 Å². The molecule has 3 aromatic rings. The number of rotatable bonds is 9. The van der Waals surface area contributed by atoms with Crippen LogP contribution in [0.4, 0.5) is 0 Å². The van der Waals surface area contributed by atoms with Crippen LogP contribution in [-0.4, -0.2) is 49.7 Å². The number of nitrogens with zero attached hydrogens (tertiary/aromatic N) is 3. The smallest absolute Gasteiger partial charge is 0.325 e. The molecule has 0 unspecified atom stereocenters. The molecule has 0 fully saturated rings. The van der Waals surface area contributed by atoms with Crippen molar-refractivity contribution in [2.45, 2.75) is 25.4 Å². The van der Waals surface area contributed by atoms with Gasteiger partial charge in [0.2, 0.25) is 0 Å². The summed E-state index contributed by atoms with van der Waals surface area (Å²) >= 11 is 1.19. The number of esters is 1. The van der Waals surface area contributed by atoms with Crippen molar-refractivity contribution >= 4 is 17.7 Å². The molecule has 10 nitrogen and oxygen atoms in total. The molecule has 1 aromatic carbocycles. The Morgan fingerprint density at radius 3 is 2.53 bits per heavy atom. The number of H-pyrrole nitrogens is 2. The first-order valence-corrected chi connectivity index (χ1v) is 10.3. The predicted octanol–water partition coefficient (Wildman–Crippen LogP) is 1.29. The molecule has 2 N–H and O–H groups in total. The van der Waals surface area contributed by atoms with Gasteiger partial charge in [0.15, 0.2) is 5.16 Å². The van der Waals surface area contributed by atoms with Gasteiger partial charge in [0, 0.05) is 23.9 Å². The molecular weight excluding hydrogens is 410 g/mol. The Morgan fingerprint density at radius 1 is 1.10 bits per heavy atom. The van der Waals surface area contributed by atoms with E-state index < -0.39 is 11.2 Å². The van der Waals surface area contributed by atoms with Crippen molar-refractivity contribution in [2.24, 2.45) is 0 Å². The largest absolute Gasteiger partial charge is 0.494 e. The molecule has 30 heavy (non-hydrogen) atoms. The van der Waals surface area contributed by atoms with Gasteiger partial charge >= 0.3 is 11.7 Å². The van der Waals surface area contributed by atoms with Crippen molar-refractivity contribution in [2.75, 3.05) is 19.0 Å². The Morgan fingerprint density at radius 2 is 1.87 bits per heavy atom. The summed E-state index contributed by atoms with van der Waals surface area (Å²) < 4.78 is 12.2. The molecule has 0 radical (unpaired) electrons. The summed E-state index contributed by atoms with van der Waals surface area (Å²) in [6.07, 6.45) is 0.166. The zero-order valence-corrected chi connectivity index (χ0v) is 17.3. The molecular formula is C19H21N5O5S. The van der Waals surface area contributed by atoms with Crippen LogP contribution in [0.2, 0.25) is 0 Å². The Labute approximate surface area is 175 Å². The van der Waals surface area contributed by atoms with Crippen LogP contribution in [0.3, 0.4) is 0 Å². The lowest BCUT2D eigenvalue weighted by molar-refractivity contribution is -0.139. The summed E-state index contributed by atoms with van der Waals surface area (Å²) in [4.78, 5) is 39.7. The number of aromatic amines is 2. The molecule has 2 aromatic heterocycles. The SMILES string of the molecule is CCOC(=O)CSc1nnc(Cc2cc(=O)[nH]c(=O)[nH]2)n1-c1ccc(OCC)cc1. The number of carbonyl (C=O) groups is 1. The highest BCUT2D eigenvalue weighted by Crippen LogP contribution is 2.25. The molecule has 0 aliphatic heterocycles. The number of hydrogen-bond acceptors (Lipinski definition) is 8. The molecule has 11 heteroatoms. The van der Waals surface area contributed by atoms with E-state index in [0.717, 1.165) is 11.4 Å². The Hall–Kier alpha value is -3.34. The van der Waals surface area contributed by atoms with Gasteiger partial charge in [0.1, 0.15) is 11.6 Å². The molecule has 0 spiro atoms. The highest BCUT2D eigenvalue weighted by atomic mass is 32.2. The summed E-state index contributed by atoms with van der Waals surface area (Å²) in [6, 6.07) is 8.61. The first-order chi connectivity index (χ1) is 14.5. The first kappa shape index (κ1) is 21.4. The van der Waals surface area contributed by atoms with E-state index >= 15 is 0 Å². The van der Waals surface area contributed by atoms with Crippen molar-refractivity contribution in [1.82, 2.24) is 24.7 Å². The standard InChI is InChI=1S/C19H21N5O5S/c1-3-28-14-7-5-13(6-8-14)24-15(9-12-10-16(25)21-18(27)20-12)22-23-19(24)30-11-17(26)29-4-2/h5-8,10H,3-4,9,11H2,1-2H3,(H2,20,21,25,27). The lowest BCUT2D eigenvalue weighted by Gasteiger charge is -2.11. The fourth-order valence-corrected chi connectivity index (χ4v) is 3.51. The van der Waals surface area contributed by atoms with E-state index in [4.69, 9.17) is 9.47 Å². The summed E-state index contributed by atoms with van der Waals surface area (Å²) in [7, 11) is 0. The number of carbonyl (C=O) groups excluding carboxylic acids is 1. The topological polar surface area (TPSA) is 132 Å². The first-order valence-electron chi connectivity index (χ1n) is 9.28. The van der Waals surface area contributed by atoms with Gasteiger partial charge in [0.05, 0.1) is 19.0 Å².